The molecule has 14 heavy (non-hydrogen) atoms. The number of amides is 1. The van der Waals surface area contributed by atoms with Crippen molar-refractivity contribution in [3.05, 3.63) is 21.7 Å². The number of primary amides is 1. The first kappa shape index (κ1) is 11.1. The van der Waals surface area contributed by atoms with E-state index in [2.05, 4.69) is 25.9 Å². The molecule has 76 valence electrons. The molecule has 0 aliphatic rings. The molecule has 1 rings (SSSR count). The van der Waals surface area contributed by atoms with Gasteiger partial charge in [0.25, 0.3) is 5.91 Å². The number of halogens is 1. The second kappa shape index (κ2) is 4.02. The van der Waals surface area contributed by atoms with Gasteiger partial charge in [0.1, 0.15) is 0 Å². The minimum atomic E-state index is -1.44. The summed E-state index contributed by atoms with van der Waals surface area (Å²) in [4.78, 5) is 18.6. The van der Waals surface area contributed by atoms with Crippen LogP contribution in [-0.2, 0) is 4.79 Å². The van der Waals surface area contributed by atoms with Crippen LogP contribution in [0.1, 0.15) is 23.3 Å². The van der Waals surface area contributed by atoms with Crippen molar-refractivity contribution in [3.8, 4) is 0 Å². The number of carbonyl (C=O) groups excluding carboxylic acids is 1. The van der Waals surface area contributed by atoms with Gasteiger partial charge in [0.05, 0.1) is 15.9 Å². The summed E-state index contributed by atoms with van der Waals surface area (Å²) in [7, 11) is 0. The Balaban J connectivity index is 3.19. The van der Waals surface area contributed by atoms with Gasteiger partial charge in [-0.25, -0.2) is 9.97 Å². The van der Waals surface area contributed by atoms with E-state index in [1.807, 2.05) is 0 Å². The highest BCUT2D eigenvalue weighted by Gasteiger charge is 2.18. The summed E-state index contributed by atoms with van der Waals surface area (Å²) in [5.41, 5.74) is 6.25. The molecule has 0 aromatic carbocycles. The Kier molecular flexibility index (Phi) is 3.17. The van der Waals surface area contributed by atoms with Gasteiger partial charge in [-0.3, -0.25) is 4.79 Å². The lowest BCUT2D eigenvalue weighted by molar-refractivity contribution is -0.126. The van der Waals surface area contributed by atoms with E-state index < -0.39 is 12.0 Å². The third-order valence-electron chi connectivity index (χ3n) is 1.71. The number of aromatic nitrogens is 2. The first-order valence-electron chi connectivity index (χ1n) is 3.91. The van der Waals surface area contributed by atoms with E-state index in [1.54, 1.807) is 13.8 Å². The Labute approximate surface area is 89.5 Å². The van der Waals surface area contributed by atoms with E-state index in [0.717, 1.165) is 4.47 Å². The summed E-state index contributed by atoms with van der Waals surface area (Å²) >= 11 is 3.28. The van der Waals surface area contributed by atoms with Crippen LogP contribution < -0.4 is 5.73 Å². The molecule has 0 spiro atoms. The maximum atomic E-state index is 10.7. The average Bonchev–Trinajstić information content (AvgIpc) is 2.12. The molecule has 0 aliphatic carbocycles. The molecule has 0 aliphatic heterocycles. The minimum absolute atomic E-state index is 0.0377. The van der Waals surface area contributed by atoms with Crippen molar-refractivity contribution in [1.82, 2.24) is 9.97 Å². The third kappa shape index (κ3) is 2.08. The predicted molar refractivity (Wildman–Crippen MR) is 53.4 cm³/mol. The number of hydrogen-bond acceptors (Lipinski definition) is 4. The molecule has 1 heterocycles. The molecular formula is C8H10BrN3O2. The van der Waals surface area contributed by atoms with Gasteiger partial charge in [-0.15, -0.1) is 0 Å². The maximum Gasteiger partial charge on any atom is 0.254 e. The van der Waals surface area contributed by atoms with E-state index >= 15 is 0 Å². The average molecular weight is 260 g/mol. The van der Waals surface area contributed by atoms with Gasteiger partial charge in [-0.1, -0.05) is 0 Å². The fourth-order valence-corrected chi connectivity index (χ4v) is 1.16. The first-order valence-corrected chi connectivity index (χ1v) is 4.70. The zero-order chi connectivity index (χ0) is 10.9. The van der Waals surface area contributed by atoms with Crippen LogP contribution in [0.15, 0.2) is 4.47 Å². The third-order valence-corrected chi connectivity index (χ3v) is 2.86. The Morgan fingerprint density at radius 1 is 1.43 bits per heavy atom. The highest BCUT2D eigenvalue weighted by atomic mass is 79.9. The zero-order valence-electron chi connectivity index (χ0n) is 7.78. The summed E-state index contributed by atoms with van der Waals surface area (Å²) in [6, 6.07) is 0. The molecule has 1 aromatic heterocycles. The molecule has 0 bridgehead atoms. The topological polar surface area (TPSA) is 89.1 Å². The van der Waals surface area contributed by atoms with Gasteiger partial charge in [-0.2, -0.15) is 0 Å². The summed E-state index contributed by atoms with van der Waals surface area (Å²) in [6.45, 7) is 3.49. The summed E-state index contributed by atoms with van der Waals surface area (Å²) in [5.74, 6) is -0.818. The number of aryl methyl sites for hydroxylation is 2. The maximum absolute atomic E-state index is 10.7. The molecule has 0 fully saturated rings. The monoisotopic (exact) mass is 259 g/mol. The van der Waals surface area contributed by atoms with E-state index in [4.69, 9.17) is 5.73 Å². The largest absolute Gasteiger partial charge is 0.376 e. The van der Waals surface area contributed by atoms with Crippen LogP contribution in [0.5, 0.6) is 0 Å². The number of nitrogens with two attached hydrogens (primary N) is 1. The second-order valence-electron chi connectivity index (χ2n) is 2.87. The molecule has 0 saturated carbocycles. The van der Waals surface area contributed by atoms with Gasteiger partial charge >= 0.3 is 0 Å². The molecule has 0 radical (unpaired) electrons. The molecule has 1 amide bonds. The molecule has 5 nitrogen and oxygen atoms in total. The van der Waals surface area contributed by atoms with Gasteiger partial charge in [0.2, 0.25) is 0 Å². The molecule has 1 atom stereocenters. The molecular weight excluding hydrogens is 250 g/mol. The van der Waals surface area contributed by atoms with Crippen molar-refractivity contribution in [2.45, 2.75) is 20.0 Å². The Bertz CT molecular complexity index is 358. The fraction of sp³-hybridized carbons (Fsp3) is 0.375. The van der Waals surface area contributed by atoms with Gasteiger partial charge < -0.3 is 10.8 Å². The second-order valence-corrected chi connectivity index (χ2v) is 3.66. The van der Waals surface area contributed by atoms with Crippen LogP contribution >= 0.6 is 15.9 Å². The number of rotatable bonds is 2. The minimum Gasteiger partial charge on any atom is -0.376 e. The first-order chi connectivity index (χ1) is 6.43. The number of hydrogen-bond donors (Lipinski definition) is 2. The predicted octanol–water partition coefficient (Wildman–Crippen LogP) is 0.375. The highest BCUT2D eigenvalue weighted by Crippen LogP contribution is 2.19. The number of nitrogens with zero attached hydrogens (tertiary/aromatic N) is 2. The SMILES string of the molecule is Cc1nc(C(O)C(N)=O)nc(C)c1Br. The van der Waals surface area contributed by atoms with E-state index in [0.29, 0.717) is 11.4 Å². The van der Waals surface area contributed by atoms with Crippen LogP contribution in [0.4, 0.5) is 0 Å². The van der Waals surface area contributed by atoms with Gasteiger partial charge in [0.15, 0.2) is 11.9 Å². The number of aliphatic hydroxyl groups excluding tert-OH is 1. The lowest BCUT2D eigenvalue weighted by atomic mass is 10.3. The molecule has 1 unspecified atom stereocenters. The van der Waals surface area contributed by atoms with Crippen LogP contribution in [-0.4, -0.2) is 21.0 Å². The summed E-state index contributed by atoms with van der Waals surface area (Å²) in [5, 5.41) is 9.32. The van der Waals surface area contributed by atoms with Crippen LogP contribution in [0.3, 0.4) is 0 Å². The van der Waals surface area contributed by atoms with E-state index in [1.165, 1.54) is 0 Å². The zero-order valence-corrected chi connectivity index (χ0v) is 9.37. The van der Waals surface area contributed by atoms with Crippen molar-refractivity contribution in [3.63, 3.8) is 0 Å². The lowest BCUT2D eigenvalue weighted by Crippen LogP contribution is -2.23. The van der Waals surface area contributed by atoms with Gasteiger partial charge in [-0.05, 0) is 29.8 Å². The van der Waals surface area contributed by atoms with Crippen molar-refractivity contribution in [1.29, 1.82) is 0 Å². The lowest BCUT2D eigenvalue weighted by Gasteiger charge is -2.08. The summed E-state index contributed by atoms with van der Waals surface area (Å²) < 4.78 is 0.762. The molecule has 3 N–H and O–H groups in total. The number of carbonyl (C=O) groups is 1. The van der Waals surface area contributed by atoms with Crippen molar-refractivity contribution >= 4 is 21.8 Å². The normalized spacial score (nSPS) is 12.6. The Morgan fingerprint density at radius 2 is 1.86 bits per heavy atom. The quantitative estimate of drug-likeness (QED) is 0.804. The van der Waals surface area contributed by atoms with Crippen molar-refractivity contribution in [2.24, 2.45) is 5.73 Å². The van der Waals surface area contributed by atoms with Crippen LogP contribution in [0.25, 0.3) is 0 Å². The standard InChI is InChI=1S/C8H10BrN3O2/c1-3-5(9)4(2)12-8(11-3)6(13)7(10)14/h6,13H,1-2H3,(H2,10,14). The van der Waals surface area contributed by atoms with Crippen molar-refractivity contribution in [2.75, 3.05) is 0 Å². The molecule has 1 aromatic rings. The van der Waals surface area contributed by atoms with Gasteiger partial charge in [0, 0.05) is 0 Å². The number of aliphatic hydroxyl groups is 1. The Hall–Kier alpha value is -1.01. The van der Waals surface area contributed by atoms with Crippen LogP contribution in [0.2, 0.25) is 0 Å². The van der Waals surface area contributed by atoms with E-state index in [9.17, 15) is 9.90 Å². The Morgan fingerprint density at radius 3 is 2.21 bits per heavy atom. The molecule has 0 saturated heterocycles. The molecule has 6 heteroatoms. The smallest absolute Gasteiger partial charge is 0.254 e. The van der Waals surface area contributed by atoms with Crippen molar-refractivity contribution < 1.29 is 9.90 Å². The van der Waals surface area contributed by atoms with Crippen LogP contribution in [0, 0.1) is 13.8 Å². The highest BCUT2D eigenvalue weighted by molar-refractivity contribution is 9.10. The van der Waals surface area contributed by atoms with E-state index in [-0.39, 0.29) is 5.82 Å². The summed E-state index contributed by atoms with van der Waals surface area (Å²) in [6.07, 6.45) is -1.44. The fourth-order valence-electron chi connectivity index (χ4n) is 0.978.